The van der Waals surface area contributed by atoms with Crippen LogP contribution in [0.2, 0.25) is 0 Å². The average Bonchev–Trinajstić information content (AvgIpc) is 3.01. The number of alkyl halides is 3. The third-order valence-electron chi connectivity index (χ3n) is 5.19. The molecule has 11 heteroatoms. The fraction of sp³-hybridized carbons (Fsp3) is 0.500. The van der Waals surface area contributed by atoms with Crippen LogP contribution in [0.25, 0.3) is 11.3 Å². The molecule has 0 spiro atoms. The molecule has 1 saturated heterocycles. The van der Waals surface area contributed by atoms with Crippen LogP contribution >= 0.6 is 12.6 Å². The van der Waals surface area contributed by atoms with E-state index in [1.807, 2.05) is 0 Å². The van der Waals surface area contributed by atoms with Gasteiger partial charge in [-0.2, -0.15) is 13.2 Å². The number of ether oxygens (including phenoxy) is 1. The molecule has 1 aromatic heterocycles. The molecule has 4 rings (SSSR count). The number of aromatic nitrogens is 3. The SMILES string of the molecule is OCC1O[C@@H](S)C(O)C2C(n3cc(-c4ccccc4C(F)(F)F)nn3)[C@@]12O. The predicted molar refractivity (Wildman–Crippen MR) is 88.7 cm³/mol. The molecular weight excluding hydrogens is 387 g/mol. The van der Waals surface area contributed by atoms with E-state index in [9.17, 15) is 28.5 Å². The summed E-state index contributed by atoms with van der Waals surface area (Å²) in [6.45, 7) is -0.508. The van der Waals surface area contributed by atoms with Gasteiger partial charge < -0.3 is 20.1 Å². The van der Waals surface area contributed by atoms with E-state index >= 15 is 0 Å². The second kappa shape index (κ2) is 6.17. The Morgan fingerprint density at radius 2 is 2.00 bits per heavy atom. The second-order valence-corrected chi connectivity index (χ2v) is 7.18. The van der Waals surface area contributed by atoms with Crippen LogP contribution in [0, 0.1) is 5.92 Å². The van der Waals surface area contributed by atoms with Gasteiger partial charge in [-0.05, 0) is 6.07 Å². The molecule has 7 nitrogen and oxygen atoms in total. The molecule has 1 aromatic carbocycles. The fourth-order valence-corrected chi connectivity index (χ4v) is 4.19. The summed E-state index contributed by atoms with van der Waals surface area (Å²) in [5.41, 5.74) is -3.53. The summed E-state index contributed by atoms with van der Waals surface area (Å²) >= 11 is 4.09. The maximum Gasteiger partial charge on any atom is 0.417 e. The summed E-state index contributed by atoms with van der Waals surface area (Å²) in [4.78, 5) is 0. The maximum absolute atomic E-state index is 13.2. The van der Waals surface area contributed by atoms with Crippen molar-refractivity contribution in [2.75, 3.05) is 6.61 Å². The minimum atomic E-state index is -4.56. The normalized spacial score (nSPS) is 35.7. The molecule has 27 heavy (non-hydrogen) atoms. The monoisotopic (exact) mass is 403 g/mol. The van der Waals surface area contributed by atoms with Crippen LogP contribution in [0.1, 0.15) is 11.6 Å². The van der Waals surface area contributed by atoms with Gasteiger partial charge in [-0.15, -0.1) is 17.7 Å². The van der Waals surface area contributed by atoms with Crippen molar-refractivity contribution in [1.29, 1.82) is 0 Å². The molecule has 0 radical (unpaired) electrons. The number of nitrogens with zero attached hydrogens (tertiary/aromatic N) is 3. The van der Waals surface area contributed by atoms with Crippen molar-refractivity contribution in [2.45, 2.75) is 35.5 Å². The van der Waals surface area contributed by atoms with Gasteiger partial charge in [0.1, 0.15) is 22.8 Å². The molecule has 0 bridgehead atoms. The summed E-state index contributed by atoms with van der Waals surface area (Å²) < 4.78 is 46.2. The van der Waals surface area contributed by atoms with Gasteiger partial charge in [-0.25, -0.2) is 4.68 Å². The van der Waals surface area contributed by atoms with E-state index in [0.29, 0.717) is 0 Å². The lowest BCUT2D eigenvalue weighted by atomic mass is 10.0. The first-order valence-corrected chi connectivity index (χ1v) is 8.64. The van der Waals surface area contributed by atoms with Gasteiger partial charge in [0.2, 0.25) is 0 Å². The van der Waals surface area contributed by atoms with E-state index in [4.69, 9.17) is 4.74 Å². The van der Waals surface area contributed by atoms with Crippen molar-refractivity contribution in [2.24, 2.45) is 5.92 Å². The van der Waals surface area contributed by atoms with E-state index < -0.39 is 53.6 Å². The van der Waals surface area contributed by atoms with Crippen LogP contribution in [0.5, 0.6) is 0 Å². The van der Waals surface area contributed by atoms with Crippen molar-refractivity contribution >= 4 is 12.6 Å². The zero-order chi connectivity index (χ0) is 19.6. The lowest BCUT2D eigenvalue weighted by Crippen LogP contribution is -2.48. The molecule has 2 aliphatic rings. The maximum atomic E-state index is 13.2. The quantitative estimate of drug-likeness (QED) is 0.568. The van der Waals surface area contributed by atoms with Gasteiger partial charge >= 0.3 is 6.18 Å². The third kappa shape index (κ3) is 2.76. The van der Waals surface area contributed by atoms with E-state index in [-0.39, 0.29) is 11.3 Å². The van der Waals surface area contributed by atoms with Crippen molar-refractivity contribution in [3.05, 3.63) is 36.0 Å². The summed E-state index contributed by atoms with van der Waals surface area (Å²) in [7, 11) is 0. The van der Waals surface area contributed by atoms with E-state index in [1.54, 1.807) is 0 Å². The molecule has 146 valence electrons. The number of rotatable bonds is 3. The van der Waals surface area contributed by atoms with E-state index in [1.165, 1.54) is 29.1 Å². The van der Waals surface area contributed by atoms with Gasteiger partial charge in [0.25, 0.3) is 0 Å². The Morgan fingerprint density at radius 1 is 1.30 bits per heavy atom. The molecule has 2 heterocycles. The Balaban J connectivity index is 1.69. The van der Waals surface area contributed by atoms with Crippen molar-refractivity contribution < 1.29 is 33.2 Å². The largest absolute Gasteiger partial charge is 0.417 e. The van der Waals surface area contributed by atoms with Crippen molar-refractivity contribution in [3.63, 3.8) is 0 Å². The number of benzene rings is 1. The number of thiol groups is 1. The molecule has 6 atom stereocenters. The molecule has 2 aromatic rings. The average molecular weight is 403 g/mol. The Morgan fingerprint density at radius 3 is 2.67 bits per heavy atom. The minimum absolute atomic E-state index is 0.0199. The fourth-order valence-electron chi connectivity index (χ4n) is 3.86. The smallest absolute Gasteiger partial charge is 0.394 e. The Bertz CT molecular complexity index is 863. The van der Waals surface area contributed by atoms with Crippen LogP contribution in [-0.2, 0) is 10.9 Å². The highest BCUT2D eigenvalue weighted by Crippen LogP contribution is 2.62. The molecule has 1 aliphatic heterocycles. The van der Waals surface area contributed by atoms with Gasteiger partial charge in [0, 0.05) is 11.5 Å². The molecule has 3 N–H and O–H groups in total. The number of halogens is 3. The lowest BCUT2D eigenvalue weighted by Gasteiger charge is -2.33. The van der Waals surface area contributed by atoms with Crippen LogP contribution in [0.15, 0.2) is 30.5 Å². The van der Waals surface area contributed by atoms with Crippen LogP contribution < -0.4 is 0 Å². The van der Waals surface area contributed by atoms with Crippen LogP contribution in [0.3, 0.4) is 0 Å². The summed E-state index contributed by atoms with van der Waals surface area (Å²) in [6.07, 6.45) is -5.42. The number of hydrogen-bond acceptors (Lipinski definition) is 7. The Kier molecular flexibility index (Phi) is 4.27. The topological polar surface area (TPSA) is 101 Å². The summed E-state index contributed by atoms with van der Waals surface area (Å²) in [5, 5.41) is 38.2. The standard InChI is InChI=1S/C16H16F3N3O4S/c17-16(18,19)8-4-2-1-3-7(8)9-5-22(21-20-9)13-11-12(24)14(27)26-10(6-23)15(11,13)25/h1-5,10-14,23-25,27H,6H2/t10?,11?,12?,13?,14-,15+/m0/s1. The first-order valence-electron chi connectivity index (χ1n) is 8.12. The zero-order valence-corrected chi connectivity index (χ0v) is 14.5. The Labute approximate surface area is 156 Å². The summed E-state index contributed by atoms with van der Waals surface area (Å²) in [6, 6.07) is 4.16. The lowest BCUT2D eigenvalue weighted by molar-refractivity contribution is -0.157. The van der Waals surface area contributed by atoms with Gasteiger partial charge in [-0.1, -0.05) is 23.4 Å². The first-order chi connectivity index (χ1) is 12.7. The molecule has 2 fully saturated rings. The molecule has 4 unspecified atom stereocenters. The summed E-state index contributed by atoms with van der Waals surface area (Å²) in [5.74, 6) is -0.738. The Hall–Kier alpha value is -1.66. The molecular formula is C16H16F3N3O4S. The molecule has 0 amide bonds. The minimum Gasteiger partial charge on any atom is -0.394 e. The highest BCUT2D eigenvalue weighted by molar-refractivity contribution is 7.80. The van der Waals surface area contributed by atoms with Gasteiger partial charge in [0.05, 0.1) is 30.5 Å². The highest BCUT2D eigenvalue weighted by Gasteiger charge is 2.76. The van der Waals surface area contributed by atoms with Gasteiger partial charge in [-0.3, -0.25) is 0 Å². The van der Waals surface area contributed by atoms with E-state index in [0.717, 1.165) is 6.07 Å². The number of fused-ring (bicyclic) bond motifs is 1. The first kappa shape index (κ1) is 18.7. The number of aliphatic hydroxyl groups excluding tert-OH is 2. The zero-order valence-electron chi connectivity index (χ0n) is 13.7. The van der Waals surface area contributed by atoms with Crippen molar-refractivity contribution in [1.82, 2.24) is 15.0 Å². The number of aliphatic hydroxyl groups is 3. The highest BCUT2D eigenvalue weighted by atomic mass is 32.1. The molecule has 1 saturated carbocycles. The van der Waals surface area contributed by atoms with Crippen molar-refractivity contribution in [3.8, 4) is 11.3 Å². The number of hydrogen-bond donors (Lipinski definition) is 4. The van der Waals surface area contributed by atoms with Crippen LogP contribution in [0.4, 0.5) is 13.2 Å². The third-order valence-corrected chi connectivity index (χ3v) is 5.62. The van der Waals surface area contributed by atoms with Crippen LogP contribution in [-0.4, -0.2) is 60.2 Å². The van der Waals surface area contributed by atoms with Gasteiger partial charge in [0.15, 0.2) is 0 Å². The van der Waals surface area contributed by atoms with E-state index in [2.05, 4.69) is 22.9 Å². The molecule has 1 aliphatic carbocycles. The second-order valence-electron chi connectivity index (χ2n) is 6.67. The predicted octanol–water partition coefficient (Wildman–Crippen LogP) is 0.874.